The number of esters is 2. The predicted octanol–water partition coefficient (Wildman–Crippen LogP) is 3.52. The smallest absolute Gasteiger partial charge is 0.335 e. The average molecular weight is 491 g/mol. The fourth-order valence-corrected chi connectivity index (χ4v) is 8.38. The normalized spacial score (nSPS) is 52.2. The van der Waals surface area contributed by atoms with Gasteiger partial charge in [-0.3, -0.25) is 4.79 Å². The fourth-order valence-electron chi connectivity index (χ4n) is 8.38. The van der Waals surface area contributed by atoms with Crippen molar-refractivity contribution in [1.29, 1.82) is 0 Å². The molecule has 0 aromatic carbocycles. The second-order valence-electron chi connectivity index (χ2n) is 11.9. The molecule has 0 radical (unpaired) electrons. The molecule has 8 nitrogen and oxygen atoms in total. The van der Waals surface area contributed by atoms with Gasteiger partial charge in [-0.25, -0.2) is 4.79 Å². The van der Waals surface area contributed by atoms with E-state index in [-0.39, 0.29) is 41.7 Å². The van der Waals surface area contributed by atoms with Crippen LogP contribution in [0.5, 0.6) is 0 Å². The van der Waals surface area contributed by atoms with Crippen LogP contribution >= 0.6 is 0 Å². The van der Waals surface area contributed by atoms with Gasteiger partial charge in [-0.15, -0.1) is 0 Å². The average Bonchev–Trinajstić information content (AvgIpc) is 3.23. The lowest BCUT2D eigenvalue weighted by atomic mass is 9.40. The van der Waals surface area contributed by atoms with Crippen LogP contribution in [0.15, 0.2) is 11.6 Å². The van der Waals surface area contributed by atoms with Gasteiger partial charge in [0.2, 0.25) is 6.29 Å². The number of hydrogen-bond acceptors (Lipinski definition) is 8. The topological polar surface area (TPSA) is 92.8 Å². The third kappa shape index (κ3) is 3.19. The van der Waals surface area contributed by atoms with E-state index < -0.39 is 29.4 Å². The van der Waals surface area contributed by atoms with Crippen molar-refractivity contribution in [3.63, 3.8) is 0 Å². The summed E-state index contributed by atoms with van der Waals surface area (Å²) in [4.78, 5) is 25.4. The van der Waals surface area contributed by atoms with E-state index >= 15 is 0 Å². The molecule has 2 spiro atoms. The van der Waals surface area contributed by atoms with Crippen molar-refractivity contribution in [1.82, 2.24) is 0 Å². The van der Waals surface area contributed by atoms with Crippen LogP contribution < -0.4 is 0 Å². The van der Waals surface area contributed by atoms with Gasteiger partial charge in [-0.2, -0.15) is 0 Å². The van der Waals surface area contributed by atoms with Gasteiger partial charge in [0.05, 0.1) is 25.4 Å². The van der Waals surface area contributed by atoms with E-state index in [1.54, 1.807) is 13.0 Å². The summed E-state index contributed by atoms with van der Waals surface area (Å²) in [7, 11) is 0. The molecule has 0 unspecified atom stereocenters. The summed E-state index contributed by atoms with van der Waals surface area (Å²) in [6, 6.07) is 0. The van der Waals surface area contributed by atoms with Crippen molar-refractivity contribution < 1.29 is 38.0 Å². The molecule has 0 aromatic rings. The van der Waals surface area contributed by atoms with Gasteiger partial charge >= 0.3 is 11.9 Å². The largest absolute Gasteiger partial charge is 0.462 e. The SMILES string of the molecule is C/C=C(\C)C(=O)O[C@H]1O[C@@H]2C[C@@H]3[C@@](C)([C@H]4C[C@H]5CCO[C@H]5O4)[C@H](C)C[C@H](OC(C)=O)[C@]13[C@@]1(CO1)C2. The first kappa shape index (κ1) is 23.9. The third-order valence-corrected chi connectivity index (χ3v) is 10.5. The van der Waals surface area contributed by atoms with Crippen LogP contribution in [0.25, 0.3) is 0 Å². The summed E-state index contributed by atoms with van der Waals surface area (Å²) in [5, 5.41) is 0. The molecule has 7 aliphatic rings. The summed E-state index contributed by atoms with van der Waals surface area (Å²) in [6.45, 7) is 10.9. The maximum absolute atomic E-state index is 13.0. The van der Waals surface area contributed by atoms with Crippen molar-refractivity contribution in [3.05, 3.63) is 11.6 Å². The van der Waals surface area contributed by atoms with Gasteiger partial charge in [0.25, 0.3) is 0 Å². The zero-order valence-electron chi connectivity index (χ0n) is 21.4. The summed E-state index contributed by atoms with van der Waals surface area (Å²) in [6.07, 6.45) is 4.35. The van der Waals surface area contributed by atoms with E-state index in [0.29, 0.717) is 24.5 Å². The minimum atomic E-state index is -0.849. The van der Waals surface area contributed by atoms with Gasteiger partial charge in [0, 0.05) is 30.3 Å². The zero-order chi connectivity index (χ0) is 24.8. The minimum Gasteiger partial charge on any atom is -0.462 e. The van der Waals surface area contributed by atoms with E-state index in [1.165, 1.54) is 6.92 Å². The Balaban J connectivity index is 1.45. The van der Waals surface area contributed by atoms with Crippen LogP contribution in [0.3, 0.4) is 0 Å². The molecule has 0 N–H and O–H groups in total. The Labute approximate surface area is 207 Å². The molecule has 5 aliphatic heterocycles. The molecule has 7 fully saturated rings. The van der Waals surface area contributed by atoms with Crippen molar-refractivity contribution in [2.45, 2.75) is 103 Å². The first-order chi connectivity index (χ1) is 16.7. The molecule has 5 saturated heterocycles. The van der Waals surface area contributed by atoms with E-state index in [9.17, 15) is 9.59 Å². The standard InChI is InChI=1S/C27H38O8/c1-6-14(2)22(29)35-24-27-19(11-18(33-24)12-26(27)13-31-26)25(5,15(3)9-21(27)32-16(4)28)20-10-17-7-8-30-23(17)34-20/h6,15,17-21,23-24H,7-13H2,1-5H3/b14-6+/t15-,17-,18-,19-,20-,21+,23+,24-,25+,26+,27+/m1/s1. The molecule has 11 atom stereocenters. The van der Waals surface area contributed by atoms with Gasteiger partial charge in [-0.05, 0) is 51.4 Å². The van der Waals surface area contributed by atoms with Crippen LogP contribution in [0.1, 0.15) is 66.7 Å². The first-order valence-corrected chi connectivity index (χ1v) is 13.2. The Kier molecular flexibility index (Phi) is 5.47. The zero-order valence-corrected chi connectivity index (χ0v) is 21.4. The summed E-state index contributed by atoms with van der Waals surface area (Å²) >= 11 is 0. The van der Waals surface area contributed by atoms with Crippen molar-refractivity contribution in [2.75, 3.05) is 13.2 Å². The summed E-state index contributed by atoms with van der Waals surface area (Å²) in [5.74, 6) is -0.0749. The highest BCUT2D eigenvalue weighted by molar-refractivity contribution is 5.87. The highest BCUT2D eigenvalue weighted by Gasteiger charge is 2.83. The lowest BCUT2D eigenvalue weighted by Gasteiger charge is -2.69. The van der Waals surface area contributed by atoms with Gasteiger partial charge in [-0.1, -0.05) is 19.9 Å². The van der Waals surface area contributed by atoms with E-state index in [1.807, 2.05) is 6.92 Å². The lowest BCUT2D eigenvalue weighted by molar-refractivity contribution is -0.375. The first-order valence-electron chi connectivity index (χ1n) is 13.2. The second kappa shape index (κ2) is 8.01. The molecule has 8 heteroatoms. The number of rotatable bonds is 4. The molecule has 194 valence electrons. The van der Waals surface area contributed by atoms with Crippen molar-refractivity contribution in [2.24, 2.45) is 28.6 Å². The Morgan fingerprint density at radius 2 is 1.86 bits per heavy atom. The van der Waals surface area contributed by atoms with E-state index in [0.717, 1.165) is 32.3 Å². The quantitative estimate of drug-likeness (QED) is 0.336. The van der Waals surface area contributed by atoms with Crippen LogP contribution in [0.2, 0.25) is 0 Å². The van der Waals surface area contributed by atoms with Crippen LogP contribution in [0.4, 0.5) is 0 Å². The van der Waals surface area contributed by atoms with Gasteiger partial charge in [0.1, 0.15) is 17.1 Å². The number of carbonyl (C=O) groups excluding carboxylic acids is 2. The van der Waals surface area contributed by atoms with Crippen molar-refractivity contribution in [3.8, 4) is 0 Å². The number of epoxide rings is 1. The number of fused-ring (bicyclic) bond motifs is 2. The summed E-state index contributed by atoms with van der Waals surface area (Å²) < 4.78 is 37.4. The number of allylic oxidation sites excluding steroid dienone is 1. The molecule has 0 aromatic heterocycles. The van der Waals surface area contributed by atoms with Crippen LogP contribution in [-0.2, 0) is 38.0 Å². The second-order valence-corrected chi connectivity index (χ2v) is 11.9. The Hall–Kier alpha value is -1.48. The Morgan fingerprint density at radius 3 is 2.51 bits per heavy atom. The Bertz CT molecular complexity index is 929. The third-order valence-electron chi connectivity index (χ3n) is 10.5. The van der Waals surface area contributed by atoms with E-state index in [4.69, 9.17) is 28.4 Å². The molecular weight excluding hydrogens is 452 g/mol. The number of ether oxygens (including phenoxy) is 6. The predicted molar refractivity (Wildman–Crippen MR) is 123 cm³/mol. The van der Waals surface area contributed by atoms with Gasteiger partial charge < -0.3 is 28.4 Å². The molecule has 2 saturated carbocycles. The lowest BCUT2D eigenvalue weighted by Crippen LogP contribution is -2.77. The molecule has 2 aliphatic carbocycles. The fraction of sp³-hybridized carbons (Fsp3) is 0.852. The highest BCUT2D eigenvalue weighted by Crippen LogP contribution is 2.74. The van der Waals surface area contributed by atoms with E-state index in [2.05, 4.69) is 13.8 Å². The molecule has 35 heavy (non-hydrogen) atoms. The van der Waals surface area contributed by atoms with Crippen LogP contribution in [-0.4, -0.2) is 61.6 Å². The maximum atomic E-state index is 13.0. The number of hydrogen-bond donors (Lipinski definition) is 0. The Morgan fingerprint density at radius 1 is 1.09 bits per heavy atom. The molecule has 5 heterocycles. The molecule has 0 amide bonds. The van der Waals surface area contributed by atoms with Crippen molar-refractivity contribution >= 4 is 11.9 Å². The number of carbonyl (C=O) groups is 2. The maximum Gasteiger partial charge on any atom is 0.335 e. The van der Waals surface area contributed by atoms with Crippen LogP contribution in [0, 0.1) is 28.6 Å². The molecular formula is C27H38O8. The van der Waals surface area contributed by atoms with Gasteiger partial charge in [0.15, 0.2) is 6.29 Å². The molecule has 2 bridgehead atoms. The minimum absolute atomic E-state index is 0.0109. The molecule has 7 rings (SSSR count). The highest BCUT2D eigenvalue weighted by atomic mass is 16.7. The summed E-state index contributed by atoms with van der Waals surface area (Å²) in [5.41, 5.74) is -1.04. The monoisotopic (exact) mass is 490 g/mol.